The third-order valence-corrected chi connectivity index (χ3v) is 7.05. The van der Waals surface area contributed by atoms with Crippen LogP contribution in [-0.2, 0) is 33.9 Å². The summed E-state index contributed by atoms with van der Waals surface area (Å²) in [6.07, 6.45) is 0.0644. The molecule has 3 amide bonds. The van der Waals surface area contributed by atoms with Gasteiger partial charge in [-0.3, -0.25) is 24.6 Å². The molecule has 0 aromatic heterocycles. The van der Waals surface area contributed by atoms with E-state index < -0.39 is 30.3 Å². The molecule has 1 atom stereocenters. The summed E-state index contributed by atoms with van der Waals surface area (Å²) in [6, 6.07) is 8.91. The van der Waals surface area contributed by atoms with Crippen molar-refractivity contribution in [3.63, 3.8) is 0 Å². The SMILES string of the molecule is [2H]C1([2H])c2c(NCc3cccc(CN4CC(C)(C)OC(C)(C)C4)c3F)cccc2C(=O)N1C1CCC(=O)NC1=O. The van der Waals surface area contributed by atoms with Gasteiger partial charge in [0, 0.05) is 67.0 Å². The monoisotopic (exact) mass is 524 g/mol. The number of morpholine rings is 1. The van der Waals surface area contributed by atoms with Gasteiger partial charge in [0.25, 0.3) is 5.91 Å². The molecule has 8 nitrogen and oxygen atoms in total. The molecule has 0 saturated carbocycles. The minimum Gasteiger partial charge on any atom is -0.381 e. The molecule has 2 N–H and O–H groups in total. The highest BCUT2D eigenvalue weighted by molar-refractivity contribution is 6.06. The van der Waals surface area contributed by atoms with Gasteiger partial charge in [0.2, 0.25) is 11.8 Å². The Labute approximate surface area is 225 Å². The Morgan fingerprint density at radius 2 is 1.76 bits per heavy atom. The molecule has 2 fully saturated rings. The zero-order valence-corrected chi connectivity index (χ0v) is 22.2. The number of piperidine rings is 1. The average molecular weight is 525 g/mol. The number of imide groups is 1. The van der Waals surface area contributed by atoms with E-state index in [1.807, 2.05) is 27.7 Å². The Kier molecular flexibility index (Phi) is 6.12. The largest absolute Gasteiger partial charge is 0.381 e. The van der Waals surface area contributed by atoms with Gasteiger partial charge in [-0.1, -0.05) is 24.3 Å². The molecular formula is C29H35FN4O4. The lowest BCUT2D eigenvalue weighted by Crippen LogP contribution is -2.56. The van der Waals surface area contributed by atoms with E-state index >= 15 is 4.39 Å². The van der Waals surface area contributed by atoms with Crippen molar-refractivity contribution in [3.8, 4) is 0 Å². The number of amides is 3. The van der Waals surface area contributed by atoms with E-state index in [1.165, 1.54) is 6.07 Å². The molecule has 9 heteroatoms. The van der Waals surface area contributed by atoms with Crippen molar-refractivity contribution < 1.29 is 26.3 Å². The minimum absolute atomic E-state index is 0.0206. The molecule has 2 saturated heterocycles. The Morgan fingerprint density at radius 1 is 1.08 bits per heavy atom. The van der Waals surface area contributed by atoms with Crippen molar-refractivity contribution in [3.05, 3.63) is 64.5 Å². The van der Waals surface area contributed by atoms with Crippen molar-refractivity contribution in [2.75, 3.05) is 18.4 Å². The molecule has 3 heterocycles. The molecule has 0 radical (unpaired) electrons. The minimum atomic E-state index is -2.31. The molecular weight excluding hydrogens is 487 g/mol. The van der Waals surface area contributed by atoms with Crippen molar-refractivity contribution >= 4 is 23.4 Å². The summed E-state index contributed by atoms with van der Waals surface area (Å²) in [6.45, 7) is 7.63. The number of hydrogen-bond acceptors (Lipinski definition) is 6. The van der Waals surface area contributed by atoms with Gasteiger partial charge in [-0.05, 0) is 46.2 Å². The highest BCUT2D eigenvalue weighted by Gasteiger charge is 2.40. The maximum absolute atomic E-state index is 15.7. The van der Waals surface area contributed by atoms with E-state index in [-0.39, 0.29) is 47.5 Å². The van der Waals surface area contributed by atoms with E-state index in [0.717, 1.165) is 4.90 Å². The molecule has 0 bridgehead atoms. The quantitative estimate of drug-likeness (QED) is 0.562. The summed E-state index contributed by atoms with van der Waals surface area (Å²) in [7, 11) is 0. The maximum atomic E-state index is 15.7. The summed E-state index contributed by atoms with van der Waals surface area (Å²) >= 11 is 0. The number of fused-ring (bicyclic) bond motifs is 1. The topological polar surface area (TPSA) is 91.0 Å². The second kappa shape index (κ2) is 9.78. The molecule has 0 aliphatic carbocycles. The molecule has 38 heavy (non-hydrogen) atoms. The number of rotatable bonds is 6. The van der Waals surface area contributed by atoms with Crippen LogP contribution in [0.3, 0.4) is 0 Å². The van der Waals surface area contributed by atoms with Gasteiger partial charge in [-0.2, -0.15) is 0 Å². The van der Waals surface area contributed by atoms with Crippen molar-refractivity contribution in [1.82, 2.24) is 15.1 Å². The molecule has 5 rings (SSSR count). The van der Waals surface area contributed by atoms with Gasteiger partial charge in [-0.15, -0.1) is 0 Å². The first-order valence-electron chi connectivity index (χ1n) is 13.9. The fourth-order valence-corrected chi connectivity index (χ4v) is 5.83. The first kappa shape index (κ1) is 23.8. The van der Waals surface area contributed by atoms with E-state index in [1.54, 1.807) is 30.3 Å². The van der Waals surface area contributed by atoms with Gasteiger partial charge < -0.3 is 15.0 Å². The standard InChI is InChI=1S/C29H35FN4O4/c1-28(2)16-33(17-29(3,4)38-28)14-19-8-5-7-18(25(19)30)13-31-22-10-6-9-20-21(22)15-34(27(20)37)23-11-12-24(35)32-26(23)36/h5-10,23,31H,11-17H2,1-4H3,(H,32,35,36)/i15D2. The Hall–Kier alpha value is -3.30. The van der Waals surface area contributed by atoms with Crippen LogP contribution in [0.15, 0.2) is 36.4 Å². The Balaban J connectivity index is 1.36. The maximum Gasteiger partial charge on any atom is 0.255 e. The Morgan fingerprint density at radius 3 is 2.47 bits per heavy atom. The first-order chi connectivity index (χ1) is 18.7. The van der Waals surface area contributed by atoms with Gasteiger partial charge in [-0.25, -0.2) is 4.39 Å². The number of anilines is 1. The predicted octanol–water partition coefficient (Wildman–Crippen LogP) is 3.59. The predicted molar refractivity (Wildman–Crippen MR) is 141 cm³/mol. The Bertz CT molecular complexity index is 1360. The van der Waals surface area contributed by atoms with Crippen LogP contribution >= 0.6 is 0 Å². The van der Waals surface area contributed by atoms with Crippen molar-refractivity contribution in [1.29, 1.82) is 0 Å². The lowest BCUT2D eigenvalue weighted by Gasteiger charge is -2.47. The van der Waals surface area contributed by atoms with Crippen molar-refractivity contribution in [2.24, 2.45) is 0 Å². The fraction of sp³-hybridized carbons (Fsp3) is 0.483. The number of nitrogens with zero attached hydrogens (tertiary/aromatic N) is 2. The number of carbonyl (C=O) groups is 3. The molecule has 2 aromatic carbocycles. The second-order valence-electron chi connectivity index (χ2n) is 11.5. The number of carbonyl (C=O) groups excluding carboxylic acids is 3. The van der Waals surface area contributed by atoms with E-state index in [9.17, 15) is 14.4 Å². The number of hydrogen-bond donors (Lipinski definition) is 2. The summed E-state index contributed by atoms with van der Waals surface area (Å²) in [5, 5.41) is 5.33. The summed E-state index contributed by atoms with van der Waals surface area (Å²) in [4.78, 5) is 40.5. The number of ether oxygens (including phenoxy) is 1. The third kappa shape index (κ3) is 5.31. The van der Waals surface area contributed by atoms with Crippen LogP contribution in [-0.4, -0.2) is 57.9 Å². The average Bonchev–Trinajstić information content (AvgIpc) is 3.03. The zero-order chi connectivity index (χ0) is 29.0. The van der Waals surface area contributed by atoms with Crippen LogP contribution in [0.1, 0.15) is 70.3 Å². The van der Waals surface area contributed by atoms with Crippen molar-refractivity contribution in [2.45, 2.75) is 77.4 Å². The fourth-order valence-electron chi connectivity index (χ4n) is 5.83. The van der Waals surface area contributed by atoms with Crippen LogP contribution in [0.25, 0.3) is 0 Å². The zero-order valence-electron chi connectivity index (χ0n) is 24.2. The number of halogens is 1. The molecule has 202 valence electrons. The normalized spacial score (nSPS) is 24.9. The highest BCUT2D eigenvalue weighted by Crippen LogP contribution is 2.33. The molecule has 1 unspecified atom stereocenters. The lowest BCUT2D eigenvalue weighted by atomic mass is 9.98. The number of nitrogens with one attached hydrogen (secondary N) is 2. The van der Waals surface area contributed by atoms with Gasteiger partial charge in [0.05, 0.1) is 13.9 Å². The smallest absolute Gasteiger partial charge is 0.255 e. The van der Waals surface area contributed by atoms with E-state index in [4.69, 9.17) is 7.48 Å². The van der Waals surface area contributed by atoms with Gasteiger partial charge in [0.15, 0.2) is 0 Å². The molecule has 3 aliphatic rings. The third-order valence-electron chi connectivity index (χ3n) is 7.05. The summed E-state index contributed by atoms with van der Waals surface area (Å²) in [5.74, 6) is -2.10. The molecule has 2 aromatic rings. The van der Waals surface area contributed by atoms with Gasteiger partial charge in [0.1, 0.15) is 11.9 Å². The summed E-state index contributed by atoms with van der Waals surface area (Å²) < 4.78 is 39.5. The van der Waals surface area contributed by atoms with Crippen LogP contribution in [0.5, 0.6) is 0 Å². The van der Waals surface area contributed by atoms with E-state index in [2.05, 4.69) is 15.5 Å². The summed E-state index contributed by atoms with van der Waals surface area (Å²) in [5.41, 5.74) is 0.819. The first-order valence-corrected chi connectivity index (χ1v) is 12.9. The van der Waals surface area contributed by atoms with Crippen LogP contribution < -0.4 is 10.6 Å². The van der Waals surface area contributed by atoms with E-state index in [0.29, 0.717) is 36.4 Å². The highest BCUT2D eigenvalue weighted by atomic mass is 19.1. The second-order valence-corrected chi connectivity index (χ2v) is 11.5. The van der Waals surface area contributed by atoms with Crippen LogP contribution in [0, 0.1) is 5.82 Å². The number of benzene rings is 2. The van der Waals surface area contributed by atoms with Crippen LogP contribution in [0.2, 0.25) is 0 Å². The lowest BCUT2D eigenvalue weighted by molar-refractivity contribution is -0.182. The van der Waals surface area contributed by atoms with Gasteiger partial charge >= 0.3 is 0 Å². The molecule has 3 aliphatic heterocycles. The van der Waals surface area contributed by atoms with Crippen LogP contribution in [0.4, 0.5) is 10.1 Å². The molecule has 0 spiro atoms.